The van der Waals surface area contributed by atoms with Gasteiger partial charge in [0.25, 0.3) is 0 Å². The van der Waals surface area contributed by atoms with E-state index >= 15 is 0 Å². The number of carbonyl (C=O) groups excluding carboxylic acids is 8. The Balaban J connectivity index is 1.48. The molecular weight excluding hydrogens is 680 g/mol. The highest BCUT2D eigenvalue weighted by molar-refractivity contribution is 6.40. The number of benzene rings is 2. The van der Waals surface area contributed by atoms with Crippen LogP contribution >= 0.6 is 0 Å². The molecule has 270 valence electrons. The number of hydrogen-bond acceptors (Lipinski definition) is 14. The Morgan fingerprint density at radius 1 is 0.615 bits per heavy atom. The Bertz CT molecular complexity index is 2020. The van der Waals surface area contributed by atoms with Gasteiger partial charge in [0, 0.05) is 60.1 Å². The number of Topliss-reactive ketones (excluding diaryl/α,β-unsaturated/α-hetero) is 6. The summed E-state index contributed by atoms with van der Waals surface area (Å²) in [5.74, 6) is -11.4. The average molecular weight is 715 g/mol. The van der Waals surface area contributed by atoms with Crippen LogP contribution in [0.5, 0.6) is 11.5 Å². The Hall–Kier alpha value is -5.60. The maximum atomic E-state index is 14.0. The van der Waals surface area contributed by atoms with Gasteiger partial charge in [-0.3, -0.25) is 38.4 Å². The van der Waals surface area contributed by atoms with E-state index in [-0.39, 0.29) is 33.4 Å². The zero-order chi connectivity index (χ0) is 38.5. The molecule has 2 aromatic rings. The zero-order valence-corrected chi connectivity index (χ0v) is 28.9. The Morgan fingerprint density at radius 3 is 1.23 bits per heavy atom. The number of hydrogen-bond donors (Lipinski definition) is 4. The number of carbonyl (C=O) groups is 8. The number of rotatable bonds is 5. The number of aromatic hydroxyl groups is 2. The van der Waals surface area contributed by atoms with Crippen LogP contribution in [0.25, 0.3) is 11.1 Å². The molecule has 0 unspecified atom stereocenters. The van der Waals surface area contributed by atoms with Crippen molar-refractivity contribution in [2.45, 2.75) is 77.8 Å². The molecule has 52 heavy (non-hydrogen) atoms. The van der Waals surface area contributed by atoms with Crippen molar-refractivity contribution in [3.8, 4) is 22.6 Å². The third-order valence-corrected chi connectivity index (χ3v) is 10.3. The van der Waals surface area contributed by atoms with E-state index in [0.29, 0.717) is 0 Å². The van der Waals surface area contributed by atoms with Gasteiger partial charge < -0.3 is 29.9 Å². The van der Waals surface area contributed by atoms with E-state index in [1.807, 2.05) is 0 Å². The number of phenols is 2. The largest absolute Gasteiger partial charge is 0.506 e. The highest BCUT2D eigenvalue weighted by Gasteiger charge is 2.55. The first kappa shape index (κ1) is 36.2. The van der Waals surface area contributed by atoms with Crippen LogP contribution < -0.4 is 0 Å². The summed E-state index contributed by atoms with van der Waals surface area (Å²) in [5, 5.41) is 45.4. The molecule has 0 aromatic heterocycles. The van der Waals surface area contributed by atoms with Crippen LogP contribution in [0.2, 0.25) is 0 Å². The second kappa shape index (κ2) is 12.0. The topological polar surface area (TPSA) is 236 Å². The summed E-state index contributed by atoms with van der Waals surface area (Å²) in [4.78, 5) is 106. The smallest absolute Gasteiger partial charge is 0.302 e. The van der Waals surface area contributed by atoms with Gasteiger partial charge in [-0.15, -0.1) is 0 Å². The fraction of sp³-hybridized carbons (Fsp3) is 0.368. The molecule has 4 aliphatic rings. The molecule has 0 fully saturated rings. The third-order valence-electron chi connectivity index (χ3n) is 10.3. The monoisotopic (exact) mass is 714 g/mol. The number of allylic oxidation sites excluding steroid dienone is 2. The first-order valence-corrected chi connectivity index (χ1v) is 16.4. The number of esters is 2. The lowest BCUT2D eigenvalue weighted by Crippen LogP contribution is -2.52. The van der Waals surface area contributed by atoms with Crippen LogP contribution in [-0.2, 0) is 28.7 Å². The predicted octanol–water partition coefficient (Wildman–Crippen LogP) is 2.70. The minimum absolute atomic E-state index is 0.274. The van der Waals surface area contributed by atoms with E-state index in [0.717, 1.165) is 26.0 Å². The van der Waals surface area contributed by atoms with Gasteiger partial charge in [-0.25, -0.2) is 0 Å². The lowest BCUT2D eigenvalue weighted by molar-refractivity contribution is -0.154. The second-order valence-electron chi connectivity index (χ2n) is 14.2. The van der Waals surface area contributed by atoms with Crippen molar-refractivity contribution >= 4 is 46.6 Å². The fourth-order valence-corrected chi connectivity index (χ4v) is 8.42. The minimum atomic E-state index is -1.89. The highest BCUT2D eigenvalue weighted by atomic mass is 16.5. The SMILES string of the molecule is CC(=O)O[C@H](C)[C@H]1C2=C(C(=O)C[C@]1(C)O)C(=O)c1c(ccc(-c3ccc4c(c3O)C(=O)C3=C(C4=O)[C@@H]([C@@H](C)OC(C)=O)[C@](C)(O)CC3=O)c1O)C2=O. The van der Waals surface area contributed by atoms with E-state index < -0.39 is 128 Å². The Kier molecular flexibility index (Phi) is 8.35. The van der Waals surface area contributed by atoms with Crippen molar-refractivity contribution in [3.63, 3.8) is 0 Å². The molecule has 4 N–H and O–H groups in total. The molecule has 0 aliphatic heterocycles. The first-order chi connectivity index (χ1) is 24.1. The molecule has 0 amide bonds. The standard InChI is InChI=1S/C38H34O14/c1-13(51-15(3)39)29-27-25(21(41)11-37(29,5)49)35(47)23-19(33(27)45)9-7-17(31(23)43)18-8-10-20-24(32(18)44)36(48)26-22(42)12-38(6,50)30(28(26)34(20)46)14(2)52-16(4)40/h7-10,13-14,29-30,43-44,49-50H,11-12H2,1-6H3/t13-,14-,29-,30+,37-,38+/m1/s1. The van der Waals surface area contributed by atoms with Crippen LogP contribution in [0.15, 0.2) is 46.6 Å². The molecule has 2 aromatic carbocycles. The Morgan fingerprint density at radius 2 is 0.923 bits per heavy atom. The predicted molar refractivity (Wildman–Crippen MR) is 177 cm³/mol. The molecule has 0 saturated carbocycles. The second-order valence-corrected chi connectivity index (χ2v) is 14.2. The van der Waals surface area contributed by atoms with Crippen molar-refractivity contribution in [3.05, 3.63) is 68.8 Å². The summed E-state index contributed by atoms with van der Waals surface area (Å²) in [7, 11) is 0. The van der Waals surface area contributed by atoms with Gasteiger partial charge in [-0.2, -0.15) is 0 Å². The van der Waals surface area contributed by atoms with Gasteiger partial charge in [0.1, 0.15) is 23.7 Å². The van der Waals surface area contributed by atoms with Crippen molar-refractivity contribution in [2.24, 2.45) is 11.8 Å². The van der Waals surface area contributed by atoms with Crippen molar-refractivity contribution < 1.29 is 68.3 Å². The summed E-state index contributed by atoms with van der Waals surface area (Å²) in [5.41, 5.74) is -8.14. The lowest BCUT2D eigenvalue weighted by atomic mass is 9.64. The van der Waals surface area contributed by atoms with E-state index in [4.69, 9.17) is 9.47 Å². The van der Waals surface area contributed by atoms with Gasteiger partial charge in [-0.05, 0) is 52.0 Å². The molecule has 6 rings (SSSR count). The highest BCUT2D eigenvalue weighted by Crippen LogP contribution is 2.51. The lowest BCUT2D eigenvalue weighted by Gasteiger charge is -2.42. The molecule has 0 bridgehead atoms. The minimum Gasteiger partial charge on any atom is -0.506 e. The molecule has 14 nitrogen and oxygen atoms in total. The Labute approximate surface area is 295 Å². The van der Waals surface area contributed by atoms with Crippen LogP contribution in [0.1, 0.15) is 95.8 Å². The number of ether oxygens (including phenoxy) is 2. The summed E-state index contributed by atoms with van der Waals surface area (Å²) in [6, 6.07) is 4.63. The molecule has 0 heterocycles. The maximum absolute atomic E-state index is 14.0. The maximum Gasteiger partial charge on any atom is 0.302 e. The van der Waals surface area contributed by atoms with E-state index in [1.54, 1.807) is 0 Å². The van der Waals surface area contributed by atoms with Crippen LogP contribution in [0.4, 0.5) is 0 Å². The molecule has 0 spiro atoms. The summed E-state index contributed by atoms with van der Waals surface area (Å²) in [6.07, 6.45) is -3.49. The van der Waals surface area contributed by atoms with E-state index in [1.165, 1.54) is 39.8 Å². The number of phenolic OH excluding ortho intramolecular Hbond substituents is 2. The molecule has 0 radical (unpaired) electrons. The molecule has 6 atom stereocenters. The van der Waals surface area contributed by atoms with Crippen LogP contribution in [0.3, 0.4) is 0 Å². The molecular formula is C38H34O14. The van der Waals surface area contributed by atoms with Crippen molar-refractivity contribution in [2.75, 3.05) is 0 Å². The van der Waals surface area contributed by atoms with E-state index in [9.17, 15) is 58.8 Å². The summed E-state index contributed by atoms with van der Waals surface area (Å²) < 4.78 is 10.5. The first-order valence-electron chi connectivity index (χ1n) is 16.4. The quantitative estimate of drug-likeness (QED) is 0.258. The average Bonchev–Trinajstić information content (AvgIpc) is 3.00. The van der Waals surface area contributed by atoms with Gasteiger partial charge >= 0.3 is 11.9 Å². The third kappa shape index (κ3) is 5.23. The van der Waals surface area contributed by atoms with Gasteiger partial charge in [0.2, 0.25) is 11.6 Å². The zero-order valence-electron chi connectivity index (χ0n) is 28.9. The summed E-state index contributed by atoms with van der Waals surface area (Å²) in [6.45, 7) is 7.61. The van der Waals surface area contributed by atoms with Crippen LogP contribution in [-0.4, -0.2) is 90.5 Å². The normalized spacial score (nSPS) is 26.7. The number of aliphatic hydroxyl groups is 2. The van der Waals surface area contributed by atoms with Gasteiger partial charge in [-0.1, -0.05) is 0 Å². The van der Waals surface area contributed by atoms with Crippen molar-refractivity contribution in [1.82, 2.24) is 0 Å². The fourth-order valence-electron chi connectivity index (χ4n) is 8.42. The van der Waals surface area contributed by atoms with Crippen molar-refractivity contribution in [1.29, 1.82) is 0 Å². The number of fused-ring (bicyclic) bond motifs is 2. The van der Waals surface area contributed by atoms with Crippen LogP contribution in [0, 0.1) is 11.8 Å². The number of ketones is 6. The van der Waals surface area contributed by atoms with E-state index in [2.05, 4.69) is 0 Å². The molecule has 14 heteroatoms. The molecule has 4 aliphatic carbocycles. The van der Waals surface area contributed by atoms with Gasteiger partial charge in [0.05, 0.1) is 45.3 Å². The summed E-state index contributed by atoms with van der Waals surface area (Å²) >= 11 is 0. The van der Waals surface area contributed by atoms with Gasteiger partial charge in [0.15, 0.2) is 23.1 Å². The molecule has 0 saturated heterocycles.